The van der Waals surface area contributed by atoms with E-state index in [9.17, 15) is 4.79 Å². The third kappa shape index (κ3) is 3.81. The topological polar surface area (TPSA) is 73.6 Å². The Kier molecular flexibility index (Phi) is 4.78. The van der Waals surface area contributed by atoms with Crippen molar-refractivity contribution in [2.45, 2.75) is 25.4 Å². The summed E-state index contributed by atoms with van der Waals surface area (Å²) in [5.41, 5.74) is 4.34. The van der Waals surface area contributed by atoms with Gasteiger partial charge in [-0.05, 0) is 29.5 Å². The molecule has 2 aromatic carbocycles. The molecule has 2 aromatic rings. The first-order valence-electron chi connectivity index (χ1n) is 7.69. The highest BCUT2D eigenvalue weighted by atomic mass is 16.5. The average molecular weight is 312 g/mol. The lowest BCUT2D eigenvalue weighted by Crippen LogP contribution is -2.32. The van der Waals surface area contributed by atoms with Crippen molar-refractivity contribution in [3.63, 3.8) is 0 Å². The van der Waals surface area contributed by atoms with Crippen LogP contribution >= 0.6 is 0 Å². The number of ether oxygens (including phenoxy) is 2. The second-order valence-electron chi connectivity index (χ2n) is 5.58. The summed E-state index contributed by atoms with van der Waals surface area (Å²) in [6.07, 6.45) is 1.18. The summed E-state index contributed by atoms with van der Waals surface area (Å²) in [7, 11) is 0. The molecule has 0 radical (unpaired) electrons. The van der Waals surface area contributed by atoms with Crippen LogP contribution in [0.25, 0.3) is 0 Å². The van der Waals surface area contributed by atoms with Gasteiger partial charge in [0.1, 0.15) is 18.1 Å². The molecule has 1 amide bonds. The van der Waals surface area contributed by atoms with Gasteiger partial charge >= 0.3 is 0 Å². The number of fused-ring (bicyclic) bond motifs is 1. The van der Waals surface area contributed by atoms with E-state index < -0.39 is 0 Å². The van der Waals surface area contributed by atoms with Gasteiger partial charge in [0.05, 0.1) is 6.61 Å². The molecule has 0 saturated heterocycles. The standard InChI is InChI=1S/C18H20N2O3/c19-20-18(21)10-14-8-9-22-17-11-15(6-7-16(14)17)23-12-13-4-2-1-3-5-13/h1-7,11,14H,8-10,12,19H2,(H,20,21). The van der Waals surface area contributed by atoms with E-state index in [4.69, 9.17) is 15.3 Å². The largest absolute Gasteiger partial charge is 0.493 e. The minimum Gasteiger partial charge on any atom is -0.493 e. The summed E-state index contributed by atoms with van der Waals surface area (Å²) in [4.78, 5) is 11.5. The van der Waals surface area contributed by atoms with Crippen molar-refractivity contribution in [3.8, 4) is 11.5 Å². The Morgan fingerprint density at radius 2 is 2.09 bits per heavy atom. The predicted octanol–water partition coefficient (Wildman–Crippen LogP) is 2.51. The summed E-state index contributed by atoms with van der Waals surface area (Å²) in [6, 6.07) is 15.8. The quantitative estimate of drug-likeness (QED) is 0.505. The fourth-order valence-electron chi connectivity index (χ4n) is 2.77. The molecular formula is C18H20N2O3. The lowest BCUT2D eigenvalue weighted by molar-refractivity contribution is -0.121. The third-order valence-electron chi connectivity index (χ3n) is 3.99. The Morgan fingerprint density at radius 3 is 2.87 bits per heavy atom. The predicted molar refractivity (Wildman–Crippen MR) is 87.0 cm³/mol. The van der Waals surface area contributed by atoms with Gasteiger partial charge in [-0.3, -0.25) is 10.2 Å². The van der Waals surface area contributed by atoms with Crippen molar-refractivity contribution in [3.05, 3.63) is 59.7 Å². The zero-order valence-corrected chi connectivity index (χ0v) is 12.8. The van der Waals surface area contributed by atoms with Crippen LogP contribution < -0.4 is 20.7 Å². The van der Waals surface area contributed by atoms with Crippen molar-refractivity contribution in [1.29, 1.82) is 0 Å². The van der Waals surface area contributed by atoms with E-state index >= 15 is 0 Å². The number of benzene rings is 2. The number of nitrogens with two attached hydrogens (primary N) is 1. The van der Waals surface area contributed by atoms with E-state index in [2.05, 4.69) is 5.43 Å². The second-order valence-corrected chi connectivity index (χ2v) is 5.58. The smallest absolute Gasteiger partial charge is 0.234 e. The van der Waals surface area contributed by atoms with E-state index in [1.54, 1.807) is 0 Å². The summed E-state index contributed by atoms with van der Waals surface area (Å²) in [5.74, 6) is 6.70. The summed E-state index contributed by atoms with van der Waals surface area (Å²) in [5, 5.41) is 0. The van der Waals surface area contributed by atoms with Gasteiger partial charge in [-0.15, -0.1) is 0 Å². The van der Waals surface area contributed by atoms with Crippen LogP contribution in [0.4, 0.5) is 0 Å². The molecule has 1 atom stereocenters. The maximum absolute atomic E-state index is 11.5. The van der Waals surface area contributed by atoms with Crippen LogP contribution in [0.3, 0.4) is 0 Å². The van der Waals surface area contributed by atoms with E-state index in [-0.39, 0.29) is 11.8 Å². The van der Waals surface area contributed by atoms with Gasteiger partial charge in [-0.1, -0.05) is 36.4 Å². The number of hydrogen-bond donors (Lipinski definition) is 2. The van der Waals surface area contributed by atoms with Crippen LogP contribution in [-0.4, -0.2) is 12.5 Å². The fourth-order valence-corrected chi connectivity index (χ4v) is 2.77. The Hall–Kier alpha value is -2.53. The molecule has 3 rings (SSSR count). The average Bonchev–Trinajstić information content (AvgIpc) is 2.60. The van der Waals surface area contributed by atoms with Gasteiger partial charge in [0.2, 0.25) is 5.91 Å². The highest BCUT2D eigenvalue weighted by Gasteiger charge is 2.24. The maximum atomic E-state index is 11.5. The minimum atomic E-state index is -0.160. The van der Waals surface area contributed by atoms with Gasteiger partial charge < -0.3 is 9.47 Å². The third-order valence-corrected chi connectivity index (χ3v) is 3.99. The summed E-state index contributed by atoms with van der Waals surface area (Å²) >= 11 is 0. The number of hydrazine groups is 1. The zero-order valence-electron chi connectivity index (χ0n) is 12.8. The van der Waals surface area contributed by atoms with Crippen LogP contribution in [0.15, 0.2) is 48.5 Å². The fraction of sp³-hybridized carbons (Fsp3) is 0.278. The second kappa shape index (κ2) is 7.15. The molecule has 1 aliphatic heterocycles. The van der Waals surface area contributed by atoms with Gasteiger partial charge in [-0.25, -0.2) is 5.84 Å². The van der Waals surface area contributed by atoms with Gasteiger partial charge in [0.25, 0.3) is 0 Å². The first kappa shape index (κ1) is 15.4. The highest BCUT2D eigenvalue weighted by molar-refractivity contribution is 5.76. The Morgan fingerprint density at radius 1 is 1.26 bits per heavy atom. The van der Waals surface area contributed by atoms with Gasteiger partial charge in [-0.2, -0.15) is 0 Å². The van der Waals surface area contributed by atoms with Crippen molar-refractivity contribution in [2.24, 2.45) is 5.84 Å². The molecule has 0 aromatic heterocycles. The molecule has 1 aliphatic rings. The number of rotatable bonds is 5. The van der Waals surface area contributed by atoms with Crippen LogP contribution in [0.2, 0.25) is 0 Å². The van der Waals surface area contributed by atoms with Crippen molar-refractivity contribution < 1.29 is 14.3 Å². The zero-order chi connectivity index (χ0) is 16.1. The van der Waals surface area contributed by atoms with Crippen LogP contribution in [0.1, 0.15) is 29.9 Å². The lowest BCUT2D eigenvalue weighted by atomic mass is 9.90. The molecule has 5 nitrogen and oxygen atoms in total. The molecular weight excluding hydrogens is 292 g/mol. The molecule has 5 heteroatoms. The lowest BCUT2D eigenvalue weighted by Gasteiger charge is -2.25. The highest BCUT2D eigenvalue weighted by Crippen LogP contribution is 2.38. The minimum absolute atomic E-state index is 0.130. The van der Waals surface area contributed by atoms with Crippen molar-refractivity contribution in [1.82, 2.24) is 5.43 Å². The SMILES string of the molecule is NNC(=O)CC1CCOc2cc(OCc3ccccc3)ccc21. The molecule has 0 bridgehead atoms. The first-order chi connectivity index (χ1) is 11.3. The molecule has 120 valence electrons. The number of carbonyl (C=O) groups excluding carboxylic acids is 1. The number of hydrogen-bond acceptors (Lipinski definition) is 4. The van der Waals surface area contributed by atoms with Gasteiger partial charge in [0, 0.05) is 12.5 Å². The normalized spacial score (nSPS) is 16.1. The van der Waals surface area contributed by atoms with Crippen molar-refractivity contribution in [2.75, 3.05) is 6.61 Å². The molecule has 0 saturated carbocycles. The van der Waals surface area contributed by atoms with Crippen LogP contribution in [0.5, 0.6) is 11.5 Å². The molecule has 1 unspecified atom stereocenters. The van der Waals surface area contributed by atoms with Crippen molar-refractivity contribution >= 4 is 5.91 Å². The van der Waals surface area contributed by atoms with E-state index in [1.165, 1.54) is 0 Å². The Labute approximate surface area is 135 Å². The number of nitrogens with one attached hydrogen (secondary N) is 1. The van der Waals surface area contributed by atoms with Crippen LogP contribution in [0, 0.1) is 0 Å². The van der Waals surface area contributed by atoms with E-state index in [0.29, 0.717) is 19.6 Å². The summed E-state index contributed by atoms with van der Waals surface area (Å²) < 4.78 is 11.5. The molecule has 3 N–H and O–H groups in total. The Bertz CT molecular complexity index is 673. The van der Waals surface area contributed by atoms with E-state index in [0.717, 1.165) is 29.0 Å². The molecule has 0 aliphatic carbocycles. The summed E-state index contributed by atoms with van der Waals surface area (Å²) in [6.45, 7) is 1.11. The van der Waals surface area contributed by atoms with E-state index in [1.807, 2.05) is 48.5 Å². The molecule has 0 fully saturated rings. The maximum Gasteiger partial charge on any atom is 0.234 e. The monoisotopic (exact) mass is 312 g/mol. The van der Waals surface area contributed by atoms with Gasteiger partial charge in [0.15, 0.2) is 0 Å². The molecule has 1 heterocycles. The molecule has 0 spiro atoms. The molecule has 23 heavy (non-hydrogen) atoms. The number of amides is 1. The first-order valence-corrected chi connectivity index (χ1v) is 7.69. The Balaban J connectivity index is 1.70. The number of carbonyl (C=O) groups is 1. The van der Waals surface area contributed by atoms with Crippen LogP contribution in [-0.2, 0) is 11.4 Å².